The first-order valence-electron chi connectivity index (χ1n) is 6.60. The maximum atomic E-state index is 5.44. The van der Waals surface area contributed by atoms with Gasteiger partial charge in [-0.1, -0.05) is 0 Å². The molecule has 0 aliphatic carbocycles. The Morgan fingerprint density at radius 3 is 2.79 bits per heavy atom. The number of ether oxygens (including phenoxy) is 3. The molecule has 0 saturated carbocycles. The van der Waals surface area contributed by atoms with E-state index in [4.69, 9.17) is 14.2 Å². The quantitative estimate of drug-likeness (QED) is 0.811. The second-order valence-corrected chi connectivity index (χ2v) is 4.76. The summed E-state index contributed by atoms with van der Waals surface area (Å²) in [6.07, 6.45) is 2.65. The summed E-state index contributed by atoms with van der Waals surface area (Å²) in [6.45, 7) is 2.89. The van der Waals surface area contributed by atoms with Crippen molar-refractivity contribution in [3.63, 3.8) is 0 Å². The minimum absolute atomic E-state index is 0.339. The zero-order valence-corrected chi connectivity index (χ0v) is 11.9. The molecule has 106 valence electrons. The molecule has 1 aliphatic heterocycles. The molecule has 0 bridgehead atoms. The van der Waals surface area contributed by atoms with Gasteiger partial charge in [-0.05, 0) is 25.5 Å². The van der Waals surface area contributed by atoms with E-state index in [1.165, 1.54) is 6.42 Å². The number of likely N-dealkylation sites (tertiary alicyclic amines) is 1. The molecule has 1 saturated heterocycles. The molecule has 1 aromatic rings. The molecule has 1 aromatic heterocycles. The van der Waals surface area contributed by atoms with Gasteiger partial charge in [0.1, 0.15) is 0 Å². The zero-order chi connectivity index (χ0) is 13.7. The van der Waals surface area contributed by atoms with Crippen molar-refractivity contribution in [2.45, 2.75) is 25.5 Å². The van der Waals surface area contributed by atoms with Gasteiger partial charge in [-0.3, -0.25) is 4.90 Å². The Kier molecular flexibility index (Phi) is 4.99. The number of piperidine rings is 1. The highest BCUT2D eigenvalue weighted by atomic mass is 16.5. The first-order valence-corrected chi connectivity index (χ1v) is 6.60. The van der Waals surface area contributed by atoms with Gasteiger partial charge in [0.15, 0.2) is 0 Å². The lowest BCUT2D eigenvalue weighted by Gasteiger charge is -2.32. The van der Waals surface area contributed by atoms with Gasteiger partial charge in [0, 0.05) is 31.8 Å². The molecule has 19 heavy (non-hydrogen) atoms. The maximum Gasteiger partial charge on any atom is 0.220 e. The van der Waals surface area contributed by atoms with Crippen molar-refractivity contribution in [3.05, 3.63) is 17.7 Å². The summed E-state index contributed by atoms with van der Waals surface area (Å²) in [6, 6.07) is 3.89. The van der Waals surface area contributed by atoms with Crippen LogP contribution in [0.3, 0.4) is 0 Å². The Morgan fingerprint density at radius 2 is 2.11 bits per heavy atom. The van der Waals surface area contributed by atoms with Crippen LogP contribution in [0.5, 0.6) is 11.8 Å². The lowest BCUT2D eigenvalue weighted by molar-refractivity contribution is 0.0282. The third-order valence-electron chi connectivity index (χ3n) is 3.51. The molecule has 0 spiro atoms. The summed E-state index contributed by atoms with van der Waals surface area (Å²) in [4.78, 5) is 6.69. The highest BCUT2D eigenvalue weighted by Crippen LogP contribution is 2.23. The molecule has 0 radical (unpaired) electrons. The van der Waals surface area contributed by atoms with Crippen LogP contribution in [0, 0.1) is 0 Å². The summed E-state index contributed by atoms with van der Waals surface area (Å²) >= 11 is 0. The molecule has 2 heterocycles. The molecule has 1 fully saturated rings. The summed E-state index contributed by atoms with van der Waals surface area (Å²) in [7, 11) is 5.03. The molecule has 5 nitrogen and oxygen atoms in total. The number of methoxy groups -OCH3 is 3. The van der Waals surface area contributed by atoms with E-state index in [-0.39, 0.29) is 0 Å². The Morgan fingerprint density at radius 1 is 1.26 bits per heavy atom. The van der Waals surface area contributed by atoms with E-state index < -0.39 is 0 Å². The van der Waals surface area contributed by atoms with Gasteiger partial charge >= 0.3 is 0 Å². The van der Waals surface area contributed by atoms with E-state index in [1.54, 1.807) is 21.3 Å². The average Bonchev–Trinajstić information content (AvgIpc) is 2.48. The highest BCUT2D eigenvalue weighted by molar-refractivity contribution is 5.30. The van der Waals surface area contributed by atoms with Crippen molar-refractivity contribution >= 4 is 0 Å². The normalized spacial score (nSPS) is 20.3. The molecule has 1 aliphatic rings. The topological polar surface area (TPSA) is 43.8 Å². The molecule has 0 aromatic carbocycles. The van der Waals surface area contributed by atoms with Crippen LogP contribution >= 0.6 is 0 Å². The second kappa shape index (κ2) is 6.73. The summed E-state index contributed by atoms with van der Waals surface area (Å²) < 4.78 is 15.9. The number of rotatable bonds is 5. The van der Waals surface area contributed by atoms with E-state index in [1.807, 2.05) is 12.1 Å². The fraction of sp³-hybridized carbons (Fsp3) is 0.643. The van der Waals surface area contributed by atoms with Crippen LogP contribution in [0.25, 0.3) is 0 Å². The van der Waals surface area contributed by atoms with Crippen LogP contribution in [0.2, 0.25) is 0 Å². The highest BCUT2D eigenvalue weighted by Gasteiger charge is 2.20. The molecule has 5 heteroatoms. The standard InChI is InChI=1S/C14H22N2O3/c1-17-12-5-4-8-16(10-12)9-11-6-7-13(18-2)15-14(11)19-3/h6-7,12H,4-5,8-10H2,1-3H3. The Hall–Kier alpha value is -1.33. The van der Waals surface area contributed by atoms with Gasteiger partial charge in [0.25, 0.3) is 0 Å². The van der Waals surface area contributed by atoms with Gasteiger partial charge in [-0.25, -0.2) is 0 Å². The first kappa shape index (κ1) is 14.1. The minimum Gasteiger partial charge on any atom is -0.481 e. The molecule has 2 rings (SSSR count). The predicted octanol–water partition coefficient (Wildman–Crippen LogP) is 1.71. The lowest BCUT2D eigenvalue weighted by Crippen LogP contribution is -2.38. The van der Waals surface area contributed by atoms with Crippen LogP contribution in [-0.4, -0.2) is 50.4 Å². The van der Waals surface area contributed by atoms with Crippen LogP contribution in [-0.2, 0) is 11.3 Å². The molecular weight excluding hydrogens is 244 g/mol. The summed E-state index contributed by atoms with van der Waals surface area (Å²) in [5.74, 6) is 1.22. The zero-order valence-electron chi connectivity index (χ0n) is 11.9. The van der Waals surface area contributed by atoms with Crippen molar-refractivity contribution < 1.29 is 14.2 Å². The third kappa shape index (κ3) is 3.58. The summed E-state index contributed by atoms with van der Waals surface area (Å²) in [5, 5.41) is 0. The van der Waals surface area contributed by atoms with Crippen LogP contribution < -0.4 is 9.47 Å². The number of pyridine rings is 1. The van der Waals surface area contributed by atoms with Crippen LogP contribution in [0.1, 0.15) is 18.4 Å². The van der Waals surface area contributed by atoms with Gasteiger partial charge in [0.05, 0.1) is 20.3 Å². The Balaban J connectivity index is 2.05. The molecule has 0 N–H and O–H groups in total. The van der Waals surface area contributed by atoms with Gasteiger partial charge < -0.3 is 14.2 Å². The van der Waals surface area contributed by atoms with Crippen LogP contribution in [0.4, 0.5) is 0 Å². The largest absolute Gasteiger partial charge is 0.481 e. The van der Waals surface area contributed by atoms with Crippen molar-refractivity contribution in [1.82, 2.24) is 9.88 Å². The fourth-order valence-corrected chi connectivity index (χ4v) is 2.45. The smallest absolute Gasteiger partial charge is 0.220 e. The maximum absolute atomic E-state index is 5.44. The number of nitrogens with zero attached hydrogens (tertiary/aromatic N) is 2. The monoisotopic (exact) mass is 266 g/mol. The summed E-state index contributed by atoms with van der Waals surface area (Å²) in [5.41, 5.74) is 1.08. The first-order chi connectivity index (χ1) is 9.26. The molecular formula is C14H22N2O3. The second-order valence-electron chi connectivity index (χ2n) is 4.76. The molecule has 0 amide bonds. The van der Waals surface area contributed by atoms with E-state index in [2.05, 4.69) is 9.88 Å². The minimum atomic E-state index is 0.339. The SMILES string of the molecule is COc1ccc(CN2CCCC(OC)C2)c(OC)n1. The third-order valence-corrected chi connectivity index (χ3v) is 3.51. The van der Waals surface area contributed by atoms with Crippen LogP contribution in [0.15, 0.2) is 12.1 Å². The van der Waals surface area contributed by atoms with Gasteiger partial charge in [-0.15, -0.1) is 0 Å². The van der Waals surface area contributed by atoms with E-state index >= 15 is 0 Å². The lowest BCUT2D eigenvalue weighted by atomic mass is 10.1. The average molecular weight is 266 g/mol. The van der Waals surface area contributed by atoms with Gasteiger partial charge in [-0.2, -0.15) is 4.98 Å². The van der Waals surface area contributed by atoms with Crippen molar-refractivity contribution in [3.8, 4) is 11.8 Å². The fourth-order valence-electron chi connectivity index (χ4n) is 2.45. The van der Waals surface area contributed by atoms with Crippen molar-refractivity contribution in [1.29, 1.82) is 0 Å². The molecule has 1 unspecified atom stereocenters. The van der Waals surface area contributed by atoms with E-state index in [0.717, 1.165) is 31.6 Å². The predicted molar refractivity (Wildman–Crippen MR) is 72.6 cm³/mol. The Labute approximate surface area is 114 Å². The molecule has 1 atom stereocenters. The Bertz CT molecular complexity index is 412. The number of hydrogen-bond donors (Lipinski definition) is 0. The number of hydrogen-bond acceptors (Lipinski definition) is 5. The van der Waals surface area contributed by atoms with E-state index in [9.17, 15) is 0 Å². The van der Waals surface area contributed by atoms with Gasteiger partial charge in [0.2, 0.25) is 11.8 Å². The van der Waals surface area contributed by atoms with E-state index in [0.29, 0.717) is 17.9 Å². The van der Waals surface area contributed by atoms with Crippen molar-refractivity contribution in [2.24, 2.45) is 0 Å². The number of aromatic nitrogens is 1. The van der Waals surface area contributed by atoms with Crippen molar-refractivity contribution in [2.75, 3.05) is 34.4 Å².